The Kier molecular flexibility index (Phi) is 26.0. The van der Waals surface area contributed by atoms with Crippen LogP contribution < -0.4 is 48.3 Å². The maximum atomic E-state index is 12.9. The van der Waals surface area contributed by atoms with Crippen molar-refractivity contribution in [3.05, 3.63) is 63.7 Å². The van der Waals surface area contributed by atoms with Gasteiger partial charge in [-0.2, -0.15) is 4.98 Å². The number of nitrogen functional groups attached to an aromatic ring is 1. The number of amides is 4. The number of nitrogens with two attached hydrogens (primary N) is 2. The first-order chi connectivity index (χ1) is 42.1. The summed E-state index contributed by atoms with van der Waals surface area (Å²) < 4.78 is 14.3. The number of benzene rings is 1. The molecule has 4 aliphatic carbocycles. The standard InChI is InChI=1S/C62H93N13O11S2/c1-37(2)10-8-11-38(3)45-20-21-46-44-19-16-40-34-43(24-26-61(40,4)47(44)25-27-62(45,46)5)86-60(84)67-30-29-65-50(63)13-9-33-87-88-70-31-32-85-59(83)66-28-7-6-12-48(56(79)80)72-51(76)23-22-49(57(81)82)73-54(77)39-14-17-41(18-15-39)68-35-42-36-69-53-52(71-42)55(78)75-58(64)74-53/h14-18,36-38,43-49,68,70H,6-13,19-35H2,1-5H3,(H2,63,65)(H,66,83)(H,67,84)(H,72,76)(H,73,77)(H,79,80)(H,81,82)(H3,64,69,74,75,78). The van der Waals surface area contributed by atoms with Crippen molar-refractivity contribution in [2.75, 3.05) is 49.6 Å². The normalized spacial score (nSPS) is 23.3. The van der Waals surface area contributed by atoms with E-state index in [1.165, 1.54) is 86.2 Å². The Balaban J connectivity index is 0.666. The number of carboxylic acids is 2. The first kappa shape index (κ1) is 68.8. The molecule has 24 nitrogen and oxygen atoms in total. The fourth-order valence-electron chi connectivity index (χ4n) is 14.0. The van der Waals surface area contributed by atoms with E-state index >= 15 is 0 Å². The number of aromatic nitrogens is 4. The molecule has 3 saturated carbocycles. The van der Waals surface area contributed by atoms with Gasteiger partial charge in [0.25, 0.3) is 11.5 Å². The van der Waals surface area contributed by atoms with Crippen molar-refractivity contribution in [2.45, 2.75) is 175 Å². The van der Waals surface area contributed by atoms with E-state index in [0.29, 0.717) is 61.5 Å². The number of fused-ring (bicyclic) bond motifs is 6. The summed E-state index contributed by atoms with van der Waals surface area (Å²) in [5.74, 6) is 1.97. The largest absolute Gasteiger partial charge is 0.480 e. The molecule has 0 aliphatic heterocycles. The molecule has 0 spiro atoms. The second-order valence-electron chi connectivity index (χ2n) is 25.1. The second-order valence-corrected chi connectivity index (χ2v) is 27.4. The van der Waals surface area contributed by atoms with Crippen LogP contribution in [0.5, 0.6) is 0 Å². The number of rotatable bonds is 34. The Labute approximate surface area is 523 Å². The molecular weight excluding hydrogens is 1170 g/mol. The number of amidine groups is 1. The van der Waals surface area contributed by atoms with Gasteiger partial charge in [0.15, 0.2) is 11.2 Å². The Bertz CT molecular complexity index is 2990. The maximum Gasteiger partial charge on any atom is 0.407 e. The number of anilines is 2. The van der Waals surface area contributed by atoms with Crippen LogP contribution in [-0.4, -0.2) is 129 Å². The van der Waals surface area contributed by atoms with Crippen LogP contribution >= 0.6 is 21.8 Å². The van der Waals surface area contributed by atoms with Crippen LogP contribution in [0.15, 0.2) is 51.9 Å². The molecule has 10 unspecified atom stereocenters. The SMILES string of the molecule is CC(C)CCCC(C)C1CCC2C3CC=C4CC(OC(=O)NCCN=C(N)CCCSSNCCOC(=O)NCCCCC(NC(=O)CCC(NC(=O)c5ccc(NCc6cnc7nc(N)[nH]c(=O)c7n6)cc5)C(=O)O)C(=O)O)CCC4(C)C3CCC12C. The molecule has 1 aromatic carbocycles. The van der Waals surface area contributed by atoms with Gasteiger partial charge in [-0.15, -0.1) is 0 Å². The number of H-pyrrole nitrogens is 1. The molecule has 0 radical (unpaired) electrons. The summed E-state index contributed by atoms with van der Waals surface area (Å²) >= 11 is 0. The Hall–Kier alpha value is -6.67. The van der Waals surface area contributed by atoms with E-state index < -0.39 is 53.6 Å². The van der Waals surface area contributed by atoms with E-state index in [1.54, 1.807) is 22.9 Å². The highest BCUT2D eigenvalue weighted by Gasteiger charge is 2.59. The van der Waals surface area contributed by atoms with Gasteiger partial charge >= 0.3 is 24.1 Å². The monoisotopic (exact) mass is 1260 g/mol. The minimum atomic E-state index is -1.44. The highest BCUT2D eigenvalue weighted by Crippen LogP contribution is 2.67. The van der Waals surface area contributed by atoms with Crippen LogP contribution in [0.25, 0.3) is 11.2 Å². The van der Waals surface area contributed by atoms with Gasteiger partial charge in [-0.3, -0.25) is 29.1 Å². The van der Waals surface area contributed by atoms with Crippen LogP contribution in [0, 0.1) is 46.3 Å². The third kappa shape index (κ3) is 19.7. The number of ether oxygens (including phenoxy) is 2. The quantitative estimate of drug-likeness (QED) is 0.00666. The summed E-state index contributed by atoms with van der Waals surface area (Å²) in [6.07, 6.45) is 17.9. The summed E-state index contributed by atoms with van der Waals surface area (Å²) in [7, 11) is 3.03. The Morgan fingerprint density at radius 1 is 0.841 bits per heavy atom. The molecule has 3 fully saturated rings. The number of alkyl carbamates (subject to hydrolysis) is 2. The number of carboxylic acid groups (broad SMARTS) is 2. The fraction of sp³-hybridized carbons (Fsp3) is 0.661. The predicted octanol–water partition coefficient (Wildman–Crippen LogP) is 8.50. The molecular formula is C62H93N13O11S2. The molecule has 0 saturated heterocycles. The van der Waals surface area contributed by atoms with E-state index in [0.717, 1.165) is 66.9 Å². The molecule has 88 heavy (non-hydrogen) atoms. The predicted molar refractivity (Wildman–Crippen MR) is 342 cm³/mol. The zero-order chi connectivity index (χ0) is 63.4. The molecule has 10 atom stereocenters. The van der Waals surface area contributed by atoms with Crippen molar-refractivity contribution in [1.82, 2.24) is 45.9 Å². The smallest absolute Gasteiger partial charge is 0.407 e. The lowest BCUT2D eigenvalue weighted by Crippen LogP contribution is -2.51. The number of aliphatic carboxylic acids is 2. The number of aliphatic imine (C=N–C) groups is 1. The number of unbranched alkanes of at least 4 members (excludes halogenated alkanes) is 1. The van der Waals surface area contributed by atoms with E-state index in [4.69, 9.17) is 20.9 Å². The summed E-state index contributed by atoms with van der Waals surface area (Å²) in [6.45, 7) is 14.0. The average Bonchev–Trinajstić information content (AvgIpc) is 1.42. The third-order valence-corrected chi connectivity index (χ3v) is 20.7. The van der Waals surface area contributed by atoms with Gasteiger partial charge in [0.1, 0.15) is 24.8 Å². The Morgan fingerprint density at radius 3 is 2.36 bits per heavy atom. The van der Waals surface area contributed by atoms with Crippen molar-refractivity contribution in [1.29, 1.82) is 0 Å². The first-order valence-corrected chi connectivity index (χ1v) is 33.7. The molecule has 2 heterocycles. The first-order valence-electron chi connectivity index (χ1n) is 31.4. The van der Waals surface area contributed by atoms with Crippen molar-refractivity contribution in [3.63, 3.8) is 0 Å². The number of aromatic amines is 1. The van der Waals surface area contributed by atoms with Gasteiger partial charge in [-0.25, -0.2) is 29.1 Å². The van der Waals surface area contributed by atoms with Crippen LogP contribution in [0.1, 0.15) is 166 Å². The molecule has 7 rings (SSSR count). The molecule has 4 aliphatic rings. The van der Waals surface area contributed by atoms with Gasteiger partial charge in [-0.05, 0) is 159 Å². The van der Waals surface area contributed by atoms with Crippen molar-refractivity contribution in [2.24, 2.45) is 57.1 Å². The van der Waals surface area contributed by atoms with E-state index in [1.807, 2.05) is 0 Å². The zero-order valence-electron chi connectivity index (χ0n) is 51.7. The van der Waals surface area contributed by atoms with Crippen LogP contribution in [0.2, 0.25) is 0 Å². The number of nitrogens with one attached hydrogen (secondary N) is 7. The summed E-state index contributed by atoms with van der Waals surface area (Å²) in [5, 5.41) is 32.9. The van der Waals surface area contributed by atoms with Crippen LogP contribution in [0.4, 0.5) is 21.2 Å². The average molecular weight is 1260 g/mol. The lowest BCUT2D eigenvalue weighted by Gasteiger charge is -2.58. The number of carbonyl (C=O) groups excluding carboxylic acids is 4. The number of allylic oxidation sites excluding steroid dienone is 1. The lowest BCUT2D eigenvalue weighted by atomic mass is 9.47. The lowest BCUT2D eigenvalue weighted by molar-refractivity contribution is -0.142. The minimum Gasteiger partial charge on any atom is -0.480 e. The molecule has 3 aromatic rings. The molecule has 484 valence electrons. The van der Waals surface area contributed by atoms with E-state index in [9.17, 15) is 43.8 Å². The summed E-state index contributed by atoms with van der Waals surface area (Å²) in [5.41, 5.74) is 14.7. The topological polar surface area (TPSA) is 369 Å². The second kappa shape index (κ2) is 33.2. The Morgan fingerprint density at radius 2 is 1.60 bits per heavy atom. The maximum absolute atomic E-state index is 12.9. The van der Waals surface area contributed by atoms with E-state index in [2.05, 4.69) is 96.9 Å². The van der Waals surface area contributed by atoms with Gasteiger partial charge < -0.3 is 57.7 Å². The summed E-state index contributed by atoms with van der Waals surface area (Å²) in [6, 6.07) is 3.41. The zero-order valence-corrected chi connectivity index (χ0v) is 53.3. The van der Waals surface area contributed by atoms with Gasteiger partial charge in [0, 0.05) is 55.9 Å². The fourth-order valence-corrected chi connectivity index (χ4v) is 15.7. The van der Waals surface area contributed by atoms with Gasteiger partial charge in [0.2, 0.25) is 11.9 Å². The molecule has 13 N–H and O–H groups in total. The van der Waals surface area contributed by atoms with Crippen LogP contribution in [-0.2, 0) is 30.4 Å². The number of hydrogen-bond acceptors (Lipinski definition) is 18. The van der Waals surface area contributed by atoms with E-state index in [-0.39, 0.29) is 73.2 Å². The van der Waals surface area contributed by atoms with Gasteiger partial charge in [-0.1, -0.05) is 76.3 Å². The molecule has 4 amide bonds. The third-order valence-electron chi connectivity index (χ3n) is 18.6. The number of hydrogen-bond donors (Lipinski definition) is 11. The van der Waals surface area contributed by atoms with Crippen molar-refractivity contribution >= 4 is 86.3 Å². The summed E-state index contributed by atoms with van der Waals surface area (Å²) in [4.78, 5) is 106. The highest BCUT2D eigenvalue weighted by molar-refractivity contribution is 8.76. The minimum absolute atomic E-state index is 0.0253. The molecule has 0 bridgehead atoms. The van der Waals surface area contributed by atoms with Crippen molar-refractivity contribution in [3.8, 4) is 0 Å². The van der Waals surface area contributed by atoms with Gasteiger partial charge in [0.05, 0.1) is 30.8 Å². The van der Waals surface area contributed by atoms with Crippen molar-refractivity contribution < 1.29 is 48.5 Å². The van der Waals surface area contributed by atoms with Crippen LogP contribution in [0.3, 0.4) is 0 Å². The number of carbonyl (C=O) groups is 6. The molecule has 26 heteroatoms. The molecule has 2 aromatic heterocycles. The number of nitrogens with zero attached hydrogens (tertiary/aromatic N) is 4. The highest BCUT2D eigenvalue weighted by atomic mass is 33.1.